The third-order valence-electron chi connectivity index (χ3n) is 1.67. The predicted molar refractivity (Wildman–Crippen MR) is 52.0 cm³/mol. The number of aromatic nitrogens is 2. The molecule has 0 radical (unpaired) electrons. The van der Waals surface area contributed by atoms with Crippen molar-refractivity contribution in [3.05, 3.63) is 12.5 Å². The standard InChI is InChI=1S/C7H14N4O2S/c1-6(3-8)10-14(12,13)7-4-11(2)5-9-7/h4-6,10H,3,8H2,1-2H3. The van der Waals surface area contributed by atoms with Crippen LogP contribution in [-0.2, 0) is 17.1 Å². The van der Waals surface area contributed by atoms with Gasteiger partial charge in [0, 0.05) is 25.8 Å². The van der Waals surface area contributed by atoms with E-state index in [1.54, 1.807) is 18.5 Å². The summed E-state index contributed by atoms with van der Waals surface area (Å²) in [4.78, 5) is 3.75. The van der Waals surface area contributed by atoms with E-state index in [1.165, 1.54) is 12.5 Å². The lowest BCUT2D eigenvalue weighted by Crippen LogP contribution is -2.37. The maximum atomic E-state index is 11.6. The van der Waals surface area contributed by atoms with Crippen LogP contribution in [0.4, 0.5) is 0 Å². The fraction of sp³-hybridized carbons (Fsp3) is 0.571. The van der Waals surface area contributed by atoms with Gasteiger partial charge < -0.3 is 10.3 Å². The third kappa shape index (κ3) is 2.53. The van der Waals surface area contributed by atoms with Gasteiger partial charge in [-0.1, -0.05) is 0 Å². The lowest BCUT2D eigenvalue weighted by Gasteiger charge is -2.09. The number of hydrogen-bond donors (Lipinski definition) is 2. The minimum absolute atomic E-state index is 0.0142. The van der Waals surface area contributed by atoms with Gasteiger partial charge in [-0.3, -0.25) is 0 Å². The predicted octanol–water partition coefficient (Wildman–Crippen LogP) is -0.954. The van der Waals surface area contributed by atoms with Crippen molar-refractivity contribution in [2.24, 2.45) is 12.8 Å². The topological polar surface area (TPSA) is 90.0 Å². The summed E-state index contributed by atoms with van der Waals surface area (Å²) in [5.74, 6) is 0. The zero-order valence-electron chi connectivity index (χ0n) is 8.14. The van der Waals surface area contributed by atoms with Crippen LogP contribution in [0.15, 0.2) is 17.6 Å². The van der Waals surface area contributed by atoms with E-state index in [0.717, 1.165) is 0 Å². The molecule has 0 saturated carbocycles. The van der Waals surface area contributed by atoms with Gasteiger partial charge in [-0.15, -0.1) is 0 Å². The largest absolute Gasteiger partial charge is 0.339 e. The van der Waals surface area contributed by atoms with Crippen LogP contribution in [0.1, 0.15) is 6.92 Å². The molecule has 0 aliphatic carbocycles. The molecule has 0 amide bonds. The summed E-state index contributed by atoms with van der Waals surface area (Å²) in [6.07, 6.45) is 2.87. The van der Waals surface area contributed by atoms with Crippen LogP contribution in [0.25, 0.3) is 0 Å². The van der Waals surface area contributed by atoms with Gasteiger partial charge in [0.2, 0.25) is 0 Å². The summed E-state index contributed by atoms with van der Waals surface area (Å²) < 4.78 is 27.1. The molecule has 0 bridgehead atoms. The van der Waals surface area contributed by atoms with E-state index < -0.39 is 10.0 Å². The van der Waals surface area contributed by atoms with Crippen molar-refractivity contribution in [2.75, 3.05) is 6.54 Å². The number of hydrogen-bond acceptors (Lipinski definition) is 4. The van der Waals surface area contributed by atoms with Crippen molar-refractivity contribution in [3.63, 3.8) is 0 Å². The molecule has 0 saturated heterocycles. The van der Waals surface area contributed by atoms with Crippen LogP contribution in [0, 0.1) is 0 Å². The average molecular weight is 218 g/mol. The van der Waals surface area contributed by atoms with Crippen LogP contribution in [0.5, 0.6) is 0 Å². The molecule has 3 N–H and O–H groups in total. The molecule has 80 valence electrons. The Morgan fingerprint density at radius 2 is 2.36 bits per heavy atom. The van der Waals surface area contributed by atoms with Crippen molar-refractivity contribution in [1.82, 2.24) is 14.3 Å². The van der Waals surface area contributed by atoms with Crippen LogP contribution < -0.4 is 10.5 Å². The minimum Gasteiger partial charge on any atom is -0.339 e. The molecule has 14 heavy (non-hydrogen) atoms. The Hall–Kier alpha value is -0.920. The molecule has 0 aliphatic heterocycles. The van der Waals surface area contributed by atoms with E-state index in [4.69, 9.17) is 5.73 Å². The van der Waals surface area contributed by atoms with E-state index in [0.29, 0.717) is 0 Å². The first-order valence-electron chi connectivity index (χ1n) is 4.16. The molecule has 1 rings (SSSR count). The summed E-state index contributed by atoms with van der Waals surface area (Å²) >= 11 is 0. The molecule has 1 aromatic rings. The number of rotatable bonds is 4. The molecule has 0 aliphatic rings. The van der Waals surface area contributed by atoms with Crippen molar-refractivity contribution in [1.29, 1.82) is 0 Å². The number of nitrogens with zero attached hydrogens (tertiary/aromatic N) is 2. The SMILES string of the molecule is CC(CN)NS(=O)(=O)c1cn(C)cn1. The first-order valence-corrected chi connectivity index (χ1v) is 5.64. The maximum absolute atomic E-state index is 11.6. The molecule has 0 fully saturated rings. The van der Waals surface area contributed by atoms with E-state index >= 15 is 0 Å². The van der Waals surface area contributed by atoms with Crippen molar-refractivity contribution >= 4 is 10.0 Å². The van der Waals surface area contributed by atoms with Crippen LogP contribution >= 0.6 is 0 Å². The average Bonchev–Trinajstić information content (AvgIpc) is 2.51. The number of nitrogens with two attached hydrogens (primary N) is 1. The van der Waals surface area contributed by atoms with Crippen LogP contribution in [0.3, 0.4) is 0 Å². The molecule has 0 aromatic carbocycles. The fourth-order valence-electron chi connectivity index (χ4n) is 0.901. The van der Waals surface area contributed by atoms with Gasteiger partial charge in [-0.2, -0.15) is 0 Å². The Balaban J connectivity index is 2.86. The minimum atomic E-state index is -3.51. The number of nitrogens with one attached hydrogen (secondary N) is 1. The number of sulfonamides is 1. The van der Waals surface area contributed by atoms with Gasteiger partial charge in [0.05, 0.1) is 6.33 Å². The highest BCUT2D eigenvalue weighted by molar-refractivity contribution is 7.89. The summed E-state index contributed by atoms with van der Waals surface area (Å²) in [6.45, 7) is 1.95. The summed E-state index contributed by atoms with van der Waals surface area (Å²) in [7, 11) is -1.81. The monoisotopic (exact) mass is 218 g/mol. The molecule has 1 atom stereocenters. The third-order valence-corrected chi connectivity index (χ3v) is 3.14. The zero-order chi connectivity index (χ0) is 10.8. The molecule has 0 spiro atoms. The highest BCUT2D eigenvalue weighted by Gasteiger charge is 2.18. The molecular weight excluding hydrogens is 204 g/mol. The Kier molecular flexibility index (Phi) is 3.25. The Morgan fingerprint density at radius 1 is 1.71 bits per heavy atom. The van der Waals surface area contributed by atoms with E-state index in [1.807, 2.05) is 0 Å². The highest BCUT2D eigenvalue weighted by Crippen LogP contribution is 2.04. The van der Waals surface area contributed by atoms with E-state index in [2.05, 4.69) is 9.71 Å². The van der Waals surface area contributed by atoms with Gasteiger partial charge in [0.15, 0.2) is 5.03 Å². The van der Waals surface area contributed by atoms with Crippen LogP contribution in [-0.4, -0.2) is 30.6 Å². The Labute approximate surface area is 83.2 Å². The zero-order valence-corrected chi connectivity index (χ0v) is 8.95. The highest BCUT2D eigenvalue weighted by atomic mass is 32.2. The molecule has 1 unspecified atom stereocenters. The smallest absolute Gasteiger partial charge is 0.259 e. The van der Waals surface area contributed by atoms with Gasteiger partial charge in [-0.05, 0) is 6.92 Å². The second-order valence-corrected chi connectivity index (χ2v) is 4.80. The fourth-order valence-corrected chi connectivity index (χ4v) is 2.14. The van der Waals surface area contributed by atoms with E-state index in [9.17, 15) is 8.42 Å². The Bertz CT molecular complexity index is 398. The summed E-state index contributed by atoms with van der Waals surface area (Å²) in [6, 6.07) is -0.290. The van der Waals surface area contributed by atoms with Crippen molar-refractivity contribution < 1.29 is 8.42 Å². The van der Waals surface area contributed by atoms with Gasteiger partial charge in [0.1, 0.15) is 0 Å². The quantitative estimate of drug-likeness (QED) is 0.681. The second-order valence-electron chi connectivity index (χ2n) is 3.14. The molecular formula is C7H14N4O2S. The number of aryl methyl sites for hydroxylation is 1. The molecule has 1 aromatic heterocycles. The maximum Gasteiger partial charge on any atom is 0.259 e. The lowest BCUT2D eigenvalue weighted by molar-refractivity contribution is 0.559. The van der Waals surface area contributed by atoms with Crippen molar-refractivity contribution in [2.45, 2.75) is 18.0 Å². The molecule has 7 heteroatoms. The number of imidazole rings is 1. The van der Waals surface area contributed by atoms with Crippen molar-refractivity contribution in [3.8, 4) is 0 Å². The normalized spacial score (nSPS) is 14.2. The second kappa shape index (κ2) is 4.07. The van der Waals surface area contributed by atoms with Gasteiger partial charge in [0.25, 0.3) is 10.0 Å². The Morgan fingerprint density at radius 3 is 2.79 bits per heavy atom. The van der Waals surface area contributed by atoms with Gasteiger partial charge in [-0.25, -0.2) is 18.1 Å². The van der Waals surface area contributed by atoms with Crippen LogP contribution in [0.2, 0.25) is 0 Å². The first-order chi connectivity index (χ1) is 6.45. The first kappa shape index (κ1) is 11.2. The summed E-state index contributed by atoms with van der Waals surface area (Å²) in [5.41, 5.74) is 5.31. The molecule has 1 heterocycles. The molecule has 6 nitrogen and oxygen atoms in total. The lowest BCUT2D eigenvalue weighted by atomic mass is 10.4. The van der Waals surface area contributed by atoms with E-state index in [-0.39, 0.29) is 17.6 Å². The van der Waals surface area contributed by atoms with Gasteiger partial charge >= 0.3 is 0 Å². The summed E-state index contributed by atoms with van der Waals surface area (Å²) in [5, 5.41) is 0.0142.